The molecular weight excluding hydrogens is 325 g/mol. The zero-order valence-corrected chi connectivity index (χ0v) is 12.1. The number of aromatic amines is 1. The van der Waals surface area contributed by atoms with Crippen molar-refractivity contribution in [2.24, 2.45) is 0 Å². The molecule has 0 saturated carbocycles. The van der Waals surface area contributed by atoms with Crippen molar-refractivity contribution in [3.8, 4) is 5.69 Å². The number of nitrogens with zero attached hydrogens (tertiary/aromatic N) is 1. The van der Waals surface area contributed by atoms with E-state index in [0.717, 1.165) is 12.1 Å². The maximum Gasteiger partial charge on any atom is 0.182 e. The molecule has 0 saturated heterocycles. The van der Waals surface area contributed by atoms with E-state index in [4.69, 9.17) is 35.4 Å². The van der Waals surface area contributed by atoms with Gasteiger partial charge in [-0.3, -0.25) is 4.57 Å². The van der Waals surface area contributed by atoms with Gasteiger partial charge in [-0.15, -0.1) is 0 Å². The molecule has 1 aromatic heterocycles. The first kappa shape index (κ1) is 13.5. The molecule has 3 aromatic rings. The predicted octanol–water partition coefficient (Wildman–Crippen LogP) is 5.27. The maximum atomic E-state index is 14.0. The number of fused-ring (bicyclic) bond motifs is 1. The number of nitrogens with one attached hydrogen (secondary N) is 1. The highest BCUT2D eigenvalue weighted by Crippen LogP contribution is 2.29. The minimum absolute atomic E-state index is 0.00615. The Kier molecular flexibility index (Phi) is 3.28. The molecule has 2 aromatic carbocycles. The van der Waals surface area contributed by atoms with Gasteiger partial charge >= 0.3 is 0 Å². The van der Waals surface area contributed by atoms with Gasteiger partial charge in [0.2, 0.25) is 0 Å². The molecule has 0 aliphatic carbocycles. The van der Waals surface area contributed by atoms with E-state index in [0.29, 0.717) is 16.1 Å². The fourth-order valence-electron chi connectivity index (χ4n) is 2.05. The smallest absolute Gasteiger partial charge is 0.182 e. The van der Waals surface area contributed by atoms with E-state index in [-0.39, 0.29) is 15.5 Å². The Hall–Kier alpha value is -1.43. The van der Waals surface area contributed by atoms with E-state index >= 15 is 0 Å². The maximum absolute atomic E-state index is 14.0. The van der Waals surface area contributed by atoms with Crippen LogP contribution in [0.15, 0.2) is 30.3 Å². The average molecular weight is 331 g/mol. The first-order valence-electron chi connectivity index (χ1n) is 5.52. The third kappa shape index (κ3) is 2.12. The Bertz CT molecular complexity index is 863. The number of imidazole rings is 1. The molecule has 0 fully saturated rings. The summed E-state index contributed by atoms with van der Waals surface area (Å²) in [6.45, 7) is 0. The Balaban J connectivity index is 2.41. The highest BCUT2D eigenvalue weighted by molar-refractivity contribution is 7.71. The summed E-state index contributed by atoms with van der Waals surface area (Å²) < 4.78 is 28.8. The van der Waals surface area contributed by atoms with Crippen molar-refractivity contribution < 1.29 is 8.78 Å². The summed E-state index contributed by atoms with van der Waals surface area (Å²) in [6.07, 6.45) is 0. The van der Waals surface area contributed by atoms with Crippen molar-refractivity contribution in [3.05, 3.63) is 56.8 Å². The molecular formula is C13H6Cl2F2N2S. The van der Waals surface area contributed by atoms with Gasteiger partial charge in [-0.05, 0) is 36.5 Å². The van der Waals surface area contributed by atoms with E-state index < -0.39 is 11.6 Å². The minimum Gasteiger partial charge on any atom is -0.330 e. The summed E-state index contributed by atoms with van der Waals surface area (Å²) in [7, 11) is 0. The van der Waals surface area contributed by atoms with Crippen molar-refractivity contribution >= 4 is 46.5 Å². The molecule has 0 atom stereocenters. The van der Waals surface area contributed by atoms with E-state index in [2.05, 4.69) is 4.98 Å². The third-order valence-electron chi connectivity index (χ3n) is 2.85. The van der Waals surface area contributed by atoms with Crippen LogP contribution in [-0.2, 0) is 0 Å². The summed E-state index contributed by atoms with van der Waals surface area (Å²) in [6, 6.07) is 6.80. The van der Waals surface area contributed by atoms with Crippen LogP contribution in [0.4, 0.5) is 8.78 Å². The molecule has 2 nitrogen and oxygen atoms in total. The second-order valence-electron chi connectivity index (χ2n) is 4.15. The first-order chi connectivity index (χ1) is 9.47. The van der Waals surface area contributed by atoms with Gasteiger partial charge in [0.25, 0.3) is 0 Å². The van der Waals surface area contributed by atoms with E-state index in [1.165, 1.54) is 4.57 Å². The Labute approximate surface area is 127 Å². The van der Waals surface area contributed by atoms with Gasteiger partial charge in [0.15, 0.2) is 10.6 Å². The van der Waals surface area contributed by atoms with Gasteiger partial charge in [-0.25, -0.2) is 8.78 Å². The number of aromatic nitrogens is 2. The summed E-state index contributed by atoms with van der Waals surface area (Å²) >= 11 is 17.0. The lowest BCUT2D eigenvalue weighted by Crippen LogP contribution is -2.00. The first-order valence-corrected chi connectivity index (χ1v) is 6.69. The highest BCUT2D eigenvalue weighted by Gasteiger charge is 2.16. The van der Waals surface area contributed by atoms with Gasteiger partial charge in [0.1, 0.15) is 11.5 Å². The molecule has 102 valence electrons. The summed E-state index contributed by atoms with van der Waals surface area (Å²) in [4.78, 5) is 2.91. The van der Waals surface area contributed by atoms with Crippen LogP contribution < -0.4 is 0 Å². The van der Waals surface area contributed by atoms with E-state index in [1.807, 2.05) is 0 Å². The van der Waals surface area contributed by atoms with Gasteiger partial charge in [0, 0.05) is 11.1 Å². The van der Waals surface area contributed by atoms with Crippen LogP contribution in [0.25, 0.3) is 16.7 Å². The molecule has 3 rings (SSSR count). The fourth-order valence-corrected chi connectivity index (χ4v) is 2.80. The molecule has 1 N–H and O–H groups in total. The van der Waals surface area contributed by atoms with Crippen LogP contribution in [0, 0.1) is 16.4 Å². The van der Waals surface area contributed by atoms with Crippen molar-refractivity contribution in [2.45, 2.75) is 0 Å². The lowest BCUT2D eigenvalue weighted by molar-refractivity contribution is 0.578. The number of H-pyrrole nitrogens is 1. The Morgan fingerprint density at radius 2 is 1.85 bits per heavy atom. The molecule has 0 aliphatic rings. The lowest BCUT2D eigenvalue weighted by Gasteiger charge is -2.08. The molecule has 0 unspecified atom stereocenters. The molecule has 0 radical (unpaired) electrons. The quantitative estimate of drug-likeness (QED) is 0.602. The van der Waals surface area contributed by atoms with Crippen LogP contribution in [0.3, 0.4) is 0 Å². The van der Waals surface area contributed by atoms with Gasteiger partial charge < -0.3 is 4.98 Å². The second-order valence-corrected chi connectivity index (χ2v) is 5.38. The normalized spacial score (nSPS) is 11.2. The largest absolute Gasteiger partial charge is 0.330 e. The molecule has 7 heteroatoms. The number of benzene rings is 2. The molecule has 0 amide bonds. The topological polar surface area (TPSA) is 20.7 Å². The predicted molar refractivity (Wildman–Crippen MR) is 78.4 cm³/mol. The molecule has 0 spiro atoms. The van der Waals surface area contributed by atoms with Gasteiger partial charge in [0.05, 0.1) is 16.1 Å². The fraction of sp³-hybridized carbons (Fsp3) is 0. The average Bonchev–Trinajstić information content (AvgIpc) is 2.64. The summed E-state index contributed by atoms with van der Waals surface area (Å²) in [5.41, 5.74) is 1.25. The Morgan fingerprint density at radius 3 is 2.55 bits per heavy atom. The molecule has 0 bridgehead atoms. The molecule has 20 heavy (non-hydrogen) atoms. The van der Waals surface area contributed by atoms with E-state index in [9.17, 15) is 8.78 Å². The number of halogens is 4. The second kappa shape index (κ2) is 4.84. The van der Waals surface area contributed by atoms with Gasteiger partial charge in [-0.2, -0.15) is 0 Å². The van der Waals surface area contributed by atoms with Crippen molar-refractivity contribution in [1.82, 2.24) is 9.55 Å². The highest BCUT2D eigenvalue weighted by atomic mass is 35.5. The van der Waals surface area contributed by atoms with Crippen molar-refractivity contribution in [2.75, 3.05) is 0 Å². The Morgan fingerprint density at radius 1 is 1.10 bits per heavy atom. The van der Waals surface area contributed by atoms with Crippen LogP contribution in [0.2, 0.25) is 10.0 Å². The van der Waals surface area contributed by atoms with Crippen LogP contribution in [0.1, 0.15) is 0 Å². The van der Waals surface area contributed by atoms with Crippen molar-refractivity contribution in [3.63, 3.8) is 0 Å². The lowest BCUT2D eigenvalue weighted by atomic mass is 10.2. The molecule has 1 heterocycles. The monoisotopic (exact) mass is 330 g/mol. The van der Waals surface area contributed by atoms with Crippen LogP contribution >= 0.6 is 35.4 Å². The zero-order valence-electron chi connectivity index (χ0n) is 9.75. The van der Waals surface area contributed by atoms with Gasteiger partial charge in [-0.1, -0.05) is 23.2 Å². The third-order valence-corrected chi connectivity index (χ3v) is 3.66. The zero-order chi connectivity index (χ0) is 14.4. The summed E-state index contributed by atoms with van der Waals surface area (Å²) in [5.74, 6) is -1.53. The van der Waals surface area contributed by atoms with E-state index in [1.54, 1.807) is 18.2 Å². The number of hydrogen-bond donors (Lipinski definition) is 1. The standard InChI is InChI=1S/C13H6Cl2F2N2S/c14-6-1-2-11-10(3-6)18-13(20)19(11)12-8(15)4-7(16)5-9(12)17/h1-5H,(H,18,20). The SMILES string of the molecule is Fc1cc(F)c(-n2c(=S)[nH]c3cc(Cl)ccc32)c(Cl)c1. The minimum atomic E-state index is -0.790. The van der Waals surface area contributed by atoms with Crippen LogP contribution in [-0.4, -0.2) is 9.55 Å². The molecule has 0 aliphatic heterocycles. The van der Waals surface area contributed by atoms with Crippen molar-refractivity contribution in [1.29, 1.82) is 0 Å². The number of rotatable bonds is 1. The summed E-state index contributed by atoms with van der Waals surface area (Å²) in [5, 5.41) is 0.459. The van der Waals surface area contributed by atoms with Crippen LogP contribution in [0.5, 0.6) is 0 Å². The number of hydrogen-bond acceptors (Lipinski definition) is 1.